The lowest BCUT2D eigenvalue weighted by atomic mass is 10.3. The molecule has 1 aliphatic rings. The fourth-order valence-corrected chi connectivity index (χ4v) is 1.71. The van der Waals surface area contributed by atoms with Gasteiger partial charge in [-0.05, 0) is 25.9 Å². The predicted octanol–water partition coefficient (Wildman–Crippen LogP) is 0.103. The van der Waals surface area contributed by atoms with Crippen LogP contribution in [0.1, 0.15) is 19.3 Å². The van der Waals surface area contributed by atoms with Crippen LogP contribution in [-0.4, -0.2) is 43.5 Å². The molecule has 0 aromatic carbocycles. The first kappa shape index (κ1) is 12.2. The fourth-order valence-electron chi connectivity index (χ4n) is 1.71. The molecule has 0 bridgehead atoms. The summed E-state index contributed by atoms with van der Waals surface area (Å²) in [6.45, 7) is 4.33. The zero-order valence-corrected chi connectivity index (χ0v) is 9.24. The topological polar surface area (TPSA) is 58.4 Å². The molecule has 4 heteroatoms. The summed E-state index contributed by atoms with van der Waals surface area (Å²) in [7, 11) is 0. The number of carbonyl (C=O) groups excluding carboxylic acids is 1. The summed E-state index contributed by atoms with van der Waals surface area (Å²) in [5.74, 6) is 0.128. The van der Waals surface area contributed by atoms with Gasteiger partial charge in [0.2, 0.25) is 5.91 Å². The highest BCUT2D eigenvalue weighted by Crippen LogP contribution is 2.06. The standard InChI is InChI=1S/C11H21N3O/c12-6-1-2-7-13-11(15)5-10-14-8-3-4-9-14/h1-2H,3-10,12H2,(H,13,15)/b2-1+. The quantitative estimate of drug-likeness (QED) is 0.613. The number of hydrogen-bond donors (Lipinski definition) is 2. The van der Waals surface area contributed by atoms with E-state index >= 15 is 0 Å². The number of nitrogens with zero attached hydrogens (tertiary/aromatic N) is 1. The first-order valence-corrected chi connectivity index (χ1v) is 5.67. The molecule has 1 rings (SSSR count). The summed E-state index contributed by atoms with van der Waals surface area (Å²) in [5.41, 5.74) is 5.28. The van der Waals surface area contributed by atoms with Gasteiger partial charge in [0, 0.05) is 26.1 Å². The van der Waals surface area contributed by atoms with E-state index in [4.69, 9.17) is 5.73 Å². The van der Waals surface area contributed by atoms with Gasteiger partial charge >= 0.3 is 0 Å². The van der Waals surface area contributed by atoms with Crippen molar-refractivity contribution in [1.29, 1.82) is 0 Å². The van der Waals surface area contributed by atoms with Crippen LogP contribution in [0.25, 0.3) is 0 Å². The molecule has 0 aliphatic carbocycles. The zero-order valence-electron chi connectivity index (χ0n) is 9.24. The fraction of sp³-hybridized carbons (Fsp3) is 0.727. The van der Waals surface area contributed by atoms with E-state index in [1.165, 1.54) is 12.8 Å². The summed E-state index contributed by atoms with van der Waals surface area (Å²) in [6, 6.07) is 0. The first-order chi connectivity index (χ1) is 7.33. The molecule has 0 saturated carbocycles. The minimum absolute atomic E-state index is 0.128. The van der Waals surface area contributed by atoms with Gasteiger partial charge in [0.25, 0.3) is 0 Å². The van der Waals surface area contributed by atoms with Gasteiger partial charge in [-0.2, -0.15) is 0 Å². The average molecular weight is 211 g/mol. The second-order valence-electron chi connectivity index (χ2n) is 3.81. The van der Waals surface area contributed by atoms with E-state index in [9.17, 15) is 4.79 Å². The van der Waals surface area contributed by atoms with Gasteiger partial charge in [-0.25, -0.2) is 0 Å². The van der Waals surface area contributed by atoms with Crippen molar-refractivity contribution in [3.8, 4) is 0 Å². The van der Waals surface area contributed by atoms with Crippen LogP contribution in [0.4, 0.5) is 0 Å². The van der Waals surface area contributed by atoms with Crippen LogP contribution in [0.15, 0.2) is 12.2 Å². The summed E-state index contributed by atoms with van der Waals surface area (Å²) in [4.78, 5) is 13.7. The Labute approximate surface area is 91.5 Å². The highest BCUT2D eigenvalue weighted by molar-refractivity contribution is 5.76. The molecule has 15 heavy (non-hydrogen) atoms. The molecule has 0 radical (unpaired) electrons. The van der Waals surface area contributed by atoms with Crippen molar-refractivity contribution >= 4 is 5.91 Å². The van der Waals surface area contributed by atoms with E-state index in [0.29, 0.717) is 19.5 Å². The summed E-state index contributed by atoms with van der Waals surface area (Å²) >= 11 is 0. The van der Waals surface area contributed by atoms with E-state index in [0.717, 1.165) is 19.6 Å². The van der Waals surface area contributed by atoms with E-state index in [2.05, 4.69) is 10.2 Å². The Hall–Kier alpha value is -0.870. The molecular formula is C11H21N3O. The molecule has 0 spiro atoms. The van der Waals surface area contributed by atoms with Crippen molar-refractivity contribution in [2.75, 3.05) is 32.7 Å². The maximum absolute atomic E-state index is 11.4. The molecule has 86 valence electrons. The van der Waals surface area contributed by atoms with E-state index in [1.54, 1.807) is 0 Å². The lowest BCUT2D eigenvalue weighted by Crippen LogP contribution is -2.29. The molecule has 0 atom stereocenters. The third-order valence-electron chi connectivity index (χ3n) is 2.57. The number of rotatable bonds is 6. The summed E-state index contributed by atoms with van der Waals surface area (Å²) < 4.78 is 0. The highest BCUT2D eigenvalue weighted by Gasteiger charge is 2.12. The van der Waals surface area contributed by atoms with Crippen LogP contribution >= 0.6 is 0 Å². The molecule has 0 unspecified atom stereocenters. The molecule has 1 aliphatic heterocycles. The number of nitrogens with two attached hydrogens (primary N) is 1. The number of carbonyl (C=O) groups is 1. The van der Waals surface area contributed by atoms with E-state index < -0.39 is 0 Å². The summed E-state index contributed by atoms with van der Waals surface area (Å²) in [6.07, 6.45) is 6.90. The normalized spacial score (nSPS) is 17.4. The van der Waals surface area contributed by atoms with Crippen LogP contribution in [0.5, 0.6) is 0 Å². The minimum Gasteiger partial charge on any atom is -0.353 e. The Kier molecular flexibility index (Phi) is 6.04. The highest BCUT2D eigenvalue weighted by atomic mass is 16.1. The Morgan fingerprint density at radius 3 is 2.73 bits per heavy atom. The van der Waals surface area contributed by atoms with Crippen molar-refractivity contribution in [3.63, 3.8) is 0 Å². The van der Waals surface area contributed by atoms with Gasteiger partial charge in [-0.3, -0.25) is 4.79 Å². The van der Waals surface area contributed by atoms with Crippen molar-refractivity contribution in [2.45, 2.75) is 19.3 Å². The minimum atomic E-state index is 0.128. The largest absolute Gasteiger partial charge is 0.353 e. The second-order valence-corrected chi connectivity index (χ2v) is 3.81. The second kappa shape index (κ2) is 7.43. The Morgan fingerprint density at radius 2 is 2.07 bits per heavy atom. The van der Waals surface area contributed by atoms with Crippen LogP contribution in [0, 0.1) is 0 Å². The van der Waals surface area contributed by atoms with E-state index in [-0.39, 0.29) is 5.91 Å². The number of likely N-dealkylation sites (tertiary alicyclic amines) is 1. The molecule has 0 aromatic heterocycles. The third kappa shape index (κ3) is 5.54. The van der Waals surface area contributed by atoms with Crippen LogP contribution < -0.4 is 11.1 Å². The Morgan fingerprint density at radius 1 is 1.33 bits per heavy atom. The summed E-state index contributed by atoms with van der Waals surface area (Å²) in [5, 5.41) is 2.83. The van der Waals surface area contributed by atoms with Gasteiger partial charge in [-0.15, -0.1) is 0 Å². The van der Waals surface area contributed by atoms with Crippen molar-refractivity contribution < 1.29 is 4.79 Å². The van der Waals surface area contributed by atoms with Crippen LogP contribution in [0.2, 0.25) is 0 Å². The molecule has 1 heterocycles. The molecule has 1 fully saturated rings. The molecule has 1 amide bonds. The van der Waals surface area contributed by atoms with Crippen LogP contribution in [0.3, 0.4) is 0 Å². The van der Waals surface area contributed by atoms with E-state index in [1.807, 2.05) is 12.2 Å². The van der Waals surface area contributed by atoms with Gasteiger partial charge in [0.15, 0.2) is 0 Å². The predicted molar refractivity (Wildman–Crippen MR) is 61.5 cm³/mol. The molecule has 4 nitrogen and oxygen atoms in total. The Balaban J connectivity index is 2.00. The zero-order chi connectivity index (χ0) is 10.9. The molecule has 1 saturated heterocycles. The third-order valence-corrected chi connectivity index (χ3v) is 2.57. The van der Waals surface area contributed by atoms with Crippen molar-refractivity contribution in [3.05, 3.63) is 12.2 Å². The molecular weight excluding hydrogens is 190 g/mol. The van der Waals surface area contributed by atoms with Gasteiger partial charge in [0.1, 0.15) is 0 Å². The maximum Gasteiger partial charge on any atom is 0.221 e. The molecule has 0 aromatic rings. The SMILES string of the molecule is NC/C=C/CNC(=O)CCN1CCCC1. The smallest absolute Gasteiger partial charge is 0.221 e. The van der Waals surface area contributed by atoms with Crippen molar-refractivity contribution in [1.82, 2.24) is 10.2 Å². The average Bonchev–Trinajstić information content (AvgIpc) is 2.74. The monoisotopic (exact) mass is 211 g/mol. The maximum atomic E-state index is 11.4. The van der Waals surface area contributed by atoms with Crippen molar-refractivity contribution in [2.24, 2.45) is 5.73 Å². The van der Waals surface area contributed by atoms with Gasteiger partial charge in [0.05, 0.1) is 0 Å². The number of nitrogens with one attached hydrogen (secondary N) is 1. The molecule has 3 N–H and O–H groups in total. The lowest BCUT2D eigenvalue weighted by molar-refractivity contribution is -0.121. The first-order valence-electron chi connectivity index (χ1n) is 5.67. The Bertz CT molecular complexity index is 210. The lowest BCUT2D eigenvalue weighted by Gasteiger charge is -2.13. The van der Waals surface area contributed by atoms with Gasteiger partial charge < -0.3 is 16.0 Å². The van der Waals surface area contributed by atoms with Crippen LogP contribution in [-0.2, 0) is 4.79 Å². The number of amides is 1. The number of hydrogen-bond acceptors (Lipinski definition) is 3. The van der Waals surface area contributed by atoms with Gasteiger partial charge in [-0.1, -0.05) is 12.2 Å².